The van der Waals surface area contributed by atoms with Crippen molar-refractivity contribution in [2.75, 3.05) is 0 Å². The molecule has 2 aliphatic rings. The molecule has 2 aromatic rings. The summed E-state index contributed by atoms with van der Waals surface area (Å²) >= 11 is 0. The van der Waals surface area contributed by atoms with E-state index in [1.807, 2.05) is 0 Å². The van der Waals surface area contributed by atoms with Crippen LogP contribution in [0.1, 0.15) is 69.6 Å². The fraction of sp³-hybridized carbons (Fsp3) is 0.520. The van der Waals surface area contributed by atoms with Crippen LogP contribution in [0.5, 0.6) is 0 Å². The van der Waals surface area contributed by atoms with E-state index in [0.717, 1.165) is 24.9 Å². The molecule has 2 nitrogen and oxygen atoms in total. The zero-order valence-corrected chi connectivity index (χ0v) is 17.0. The third-order valence-electron chi connectivity index (χ3n) is 6.66. The summed E-state index contributed by atoms with van der Waals surface area (Å²) in [7, 11) is 0. The minimum Gasteiger partial charge on any atom is -0.385 e. The second kappa shape index (κ2) is 7.07. The van der Waals surface area contributed by atoms with Crippen LogP contribution in [-0.2, 0) is 17.6 Å². The van der Waals surface area contributed by atoms with Crippen molar-refractivity contribution in [2.45, 2.75) is 82.5 Å². The van der Waals surface area contributed by atoms with Crippen molar-refractivity contribution < 1.29 is 5.11 Å². The molecule has 2 atom stereocenters. The van der Waals surface area contributed by atoms with Crippen molar-refractivity contribution in [2.24, 2.45) is 0 Å². The molecule has 2 aliphatic heterocycles. The molecule has 4 rings (SSSR count). The lowest BCUT2D eigenvalue weighted by molar-refractivity contribution is -0.0999. The van der Waals surface area contributed by atoms with E-state index in [2.05, 4.69) is 80.3 Å². The van der Waals surface area contributed by atoms with Gasteiger partial charge in [-0.25, -0.2) is 0 Å². The molecule has 0 amide bonds. The molecule has 2 fully saturated rings. The lowest BCUT2D eigenvalue weighted by atomic mass is 9.72. The Labute approximate surface area is 164 Å². The van der Waals surface area contributed by atoms with Crippen molar-refractivity contribution in [3.8, 4) is 0 Å². The van der Waals surface area contributed by atoms with E-state index in [4.69, 9.17) is 0 Å². The lowest BCUT2D eigenvalue weighted by Crippen LogP contribution is -2.56. The maximum Gasteiger partial charge on any atom is 0.0926 e. The first-order chi connectivity index (χ1) is 12.9. The highest BCUT2D eigenvalue weighted by Gasteiger charge is 2.46. The molecule has 2 saturated heterocycles. The van der Waals surface area contributed by atoms with Crippen LogP contribution in [0.4, 0.5) is 0 Å². The summed E-state index contributed by atoms with van der Waals surface area (Å²) in [6.07, 6.45) is 5.40. The van der Waals surface area contributed by atoms with Gasteiger partial charge in [-0.15, -0.1) is 0 Å². The molecule has 2 aromatic carbocycles. The molecule has 144 valence electrons. The van der Waals surface area contributed by atoms with E-state index in [9.17, 15) is 5.11 Å². The Bertz CT molecular complexity index is 745. The van der Waals surface area contributed by atoms with Gasteiger partial charge in [0.15, 0.2) is 0 Å². The molecule has 0 aliphatic carbocycles. The predicted octanol–water partition coefficient (Wildman–Crippen LogP) is 5.39. The van der Waals surface area contributed by atoms with Crippen LogP contribution in [0.3, 0.4) is 0 Å². The Morgan fingerprint density at radius 2 is 1.52 bits per heavy atom. The van der Waals surface area contributed by atoms with Gasteiger partial charge < -0.3 is 5.11 Å². The van der Waals surface area contributed by atoms with Gasteiger partial charge in [-0.2, -0.15) is 0 Å². The van der Waals surface area contributed by atoms with Crippen LogP contribution in [0.25, 0.3) is 0 Å². The van der Waals surface area contributed by atoms with Gasteiger partial charge in [-0.3, -0.25) is 4.90 Å². The number of piperidine rings is 2. The topological polar surface area (TPSA) is 23.5 Å². The summed E-state index contributed by atoms with van der Waals surface area (Å²) in [6.45, 7) is 7.73. The molecular formula is C25H33NO. The number of hydrogen-bond acceptors (Lipinski definition) is 2. The number of benzene rings is 2. The first-order valence-electron chi connectivity index (χ1n) is 10.5. The minimum absolute atomic E-state index is 0.150. The molecule has 2 heterocycles. The average molecular weight is 364 g/mol. The lowest BCUT2D eigenvalue weighted by Gasteiger charge is -2.52. The van der Waals surface area contributed by atoms with Crippen LogP contribution in [0, 0.1) is 0 Å². The Hall–Kier alpha value is -1.64. The normalized spacial score (nSPS) is 28.9. The van der Waals surface area contributed by atoms with Crippen LogP contribution in [0.2, 0.25) is 0 Å². The summed E-state index contributed by atoms with van der Waals surface area (Å²) < 4.78 is 0. The van der Waals surface area contributed by atoms with Gasteiger partial charge in [0.05, 0.1) is 5.60 Å². The average Bonchev–Trinajstić information content (AvgIpc) is 2.63. The van der Waals surface area contributed by atoms with E-state index in [1.54, 1.807) is 0 Å². The molecule has 1 N–H and O–H groups in total. The monoisotopic (exact) mass is 363 g/mol. The maximum atomic E-state index is 11.6. The van der Waals surface area contributed by atoms with E-state index in [0.29, 0.717) is 12.1 Å². The van der Waals surface area contributed by atoms with Gasteiger partial charge in [0.25, 0.3) is 0 Å². The van der Waals surface area contributed by atoms with E-state index >= 15 is 0 Å². The van der Waals surface area contributed by atoms with Crippen LogP contribution in [-0.4, -0.2) is 22.1 Å². The molecule has 2 heteroatoms. The number of hydrogen-bond donors (Lipinski definition) is 1. The predicted molar refractivity (Wildman–Crippen MR) is 112 cm³/mol. The highest BCUT2D eigenvalue weighted by molar-refractivity contribution is 5.32. The third-order valence-corrected chi connectivity index (χ3v) is 6.66. The molecular weight excluding hydrogens is 330 g/mol. The van der Waals surface area contributed by atoms with Crippen molar-refractivity contribution in [3.63, 3.8) is 0 Å². The van der Waals surface area contributed by atoms with E-state index < -0.39 is 5.60 Å². The summed E-state index contributed by atoms with van der Waals surface area (Å²) in [5.41, 5.74) is 3.29. The molecule has 2 bridgehead atoms. The summed E-state index contributed by atoms with van der Waals surface area (Å²) in [6, 6.07) is 20.5. The number of nitrogens with zero attached hydrogens (tertiary/aromatic N) is 1. The third kappa shape index (κ3) is 3.83. The van der Waals surface area contributed by atoms with Gasteiger partial charge in [0, 0.05) is 18.6 Å². The Kier molecular flexibility index (Phi) is 4.90. The van der Waals surface area contributed by atoms with Gasteiger partial charge in [-0.05, 0) is 47.8 Å². The zero-order chi connectivity index (χ0) is 19.1. The van der Waals surface area contributed by atoms with Gasteiger partial charge in [0.1, 0.15) is 0 Å². The minimum atomic E-state index is -0.681. The van der Waals surface area contributed by atoms with Crippen molar-refractivity contribution >= 4 is 0 Å². The molecule has 0 aromatic heterocycles. The van der Waals surface area contributed by atoms with Crippen LogP contribution in [0.15, 0.2) is 54.6 Å². The quantitative estimate of drug-likeness (QED) is 0.790. The smallest absolute Gasteiger partial charge is 0.0926 e. The molecule has 0 spiro atoms. The standard InChI is InChI=1S/C25H33NO/c1-24(2,3)20-12-14-21(15-13-20)25(27)16-22-10-7-11-23(17-25)26(22)18-19-8-5-4-6-9-19/h4-6,8-9,12-15,22-23,27H,7,10-11,16-18H2,1-3H3. The van der Waals surface area contributed by atoms with Crippen molar-refractivity contribution in [1.29, 1.82) is 0 Å². The molecule has 27 heavy (non-hydrogen) atoms. The summed E-state index contributed by atoms with van der Waals surface area (Å²) in [4.78, 5) is 2.66. The largest absolute Gasteiger partial charge is 0.385 e. The Balaban J connectivity index is 1.55. The fourth-order valence-corrected chi connectivity index (χ4v) is 5.09. The van der Waals surface area contributed by atoms with Crippen molar-refractivity contribution in [1.82, 2.24) is 4.90 Å². The van der Waals surface area contributed by atoms with Gasteiger partial charge in [0.2, 0.25) is 0 Å². The molecule has 0 saturated carbocycles. The van der Waals surface area contributed by atoms with Crippen LogP contribution < -0.4 is 0 Å². The number of aliphatic hydroxyl groups is 1. The highest BCUT2D eigenvalue weighted by atomic mass is 16.3. The SMILES string of the molecule is CC(C)(C)c1ccc(C2(O)CC3CCCC(C2)N3Cc2ccccc2)cc1. The molecule has 2 unspecified atom stereocenters. The summed E-state index contributed by atoms with van der Waals surface area (Å²) in [5.74, 6) is 0. The van der Waals surface area contributed by atoms with Gasteiger partial charge >= 0.3 is 0 Å². The second-order valence-corrected chi connectivity index (χ2v) is 9.66. The van der Waals surface area contributed by atoms with E-state index in [-0.39, 0.29) is 5.41 Å². The maximum absolute atomic E-state index is 11.6. The Morgan fingerprint density at radius 1 is 0.926 bits per heavy atom. The number of rotatable bonds is 3. The first-order valence-corrected chi connectivity index (χ1v) is 10.5. The van der Waals surface area contributed by atoms with Crippen molar-refractivity contribution in [3.05, 3.63) is 71.3 Å². The van der Waals surface area contributed by atoms with Crippen LogP contribution >= 0.6 is 0 Å². The Morgan fingerprint density at radius 3 is 2.07 bits per heavy atom. The first kappa shape index (κ1) is 18.7. The summed E-state index contributed by atoms with van der Waals surface area (Å²) in [5, 5.41) is 11.6. The second-order valence-electron chi connectivity index (χ2n) is 9.66. The number of fused-ring (bicyclic) bond motifs is 2. The van der Waals surface area contributed by atoms with E-state index in [1.165, 1.54) is 30.4 Å². The van der Waals surface area contributed by atoms with Gasteiger partial charge in [-0.1, -0.05) is 81.8 Å². The molecule has 0 radical (unpaired) electrons. The highest BCUT2D eigenvalue weighted by Crippen LogP contribution is 2.45. The zero-order valence-electron chi connectivity index (χ0n) is 17.0. The fourth-order valence-electron chi connectivity index (χ4n) is 5.09.